The van der Waals surface area contributed by atoms with E-state index in [4.69, 9.17) is 4.74 Å². The molecule has 0 aliphatic carbocycles. The molecule has 1 unspecified atom stereocenters. The van der Waals surface area contributed by atoms with E-state index < -0.39 is 0 Å². The Morgan fingerprint density at radius 1 is 1.31 bits per heavy atom. The highest BCUT2D eigenvalue weighted by molar-refractivity contribution is 5.15. The maximum atomic E-state index is 5.38. The smallest absolute Gasteiger partial charge is 0.213 e. The van der Waals surface area contributed by atoms with Crippen LogP contribution in [0.2, 0.25) is 0 Å². The first-order valence-corrected chi connectivity index (χ1v) is 6.35. The standard InChI is InChI=1S/C14H23NO/c1-4-12(3)8-6-9-13-10-7-11-14(15-13)16-5-2/h7,10-12H,4-6,8-9H2,1-3H3. The Labute approximate surface area is 99.0 Å². The first kappa shape index (κ1) is 13.0. The molecule has 0 bridgehead atoms. The van der Waals surface area contributed by atoms with Gasteiger partial charge in [0.15, 0.2) is 0 Å². The van der Waals surface area contributed by atoms with Crippen molar-refractivity contribution in [2.24, 2.45) is 5.92 Å². The molecule has 1 aromatic rings. The van der Waals surface area contributed by atoms with Crippen molar-refractivity contribution < 1.29 is 4.74 Å². The molecular formula is C14H23NO. The first-order valence-electron chi connectivity index (χ1n) is 6.35. The normalized spacial score (nSPS) is 12.4. The molecule has 2 heteroatoms. The molecule has 0 saturated carbocycles. The van der Waals surface area contributed by atoms with Gasteiger partial charge in [-0.2, -0.15) is 0 Å². The zero-order chi connectivity index (χ0) is 11.8. The number of hydrogen-bond donors (Lipinski definition) is 0. The van der Waals surface area contributed by atoms with Crippen molar-refractivity contribution in [3.63, 3.8) is 0 Å². The van der Waals surface area contributed by atoms with Crippen molar-refractivity contribution in [2.75, 3.05) is 6.61 Å². The molecule has 0 aliphatic heterocycles. The van der Waals surface area contributed by atoms with Crippen molar-refractivity contribution in [3.05, 3.63) is 23.9 Å². The third-order valence-corrected chi connectivity index (χ3v) is 2.90. The molecule has 0 fully saturated rings. The third kappa shape index (κ3) is 4.65. The molecule has 0 radical (unpaired) electrons. The number of ether oxygens (including phenoxy) is 1. The predicted octanol–water partition coefficient (Wildman–Crippen LogP) is 3.85. The van der Waals surface area contributed by atoms with Gasteiger partial charge in [0.05, 0.1) is 6.61 Å². The number of pyridine rings is 1. The van der Waals surface area contributed by atoms with E-state index >= 15 is 0 Å². The zero-order valence-electron chi connectivity index (χ0n) is 10.7. The lowest BCUT2D eigenvalue weighted by molar-refractivity contribution is 0.325. The van der Waals surface area contributed by atoms with E-state index in [1.54, 1.807) is 0 Å². The summed E-state index contributed by atoms with van der Waals surface area (Å²) in [5, 5.41) is 0. The molecule has 1 aromatic heterocycles. The number of aromatic nitrogens is 1. The highest BCUT2D eigenvalue weighted by Gasteiger charge is 2.01. The molecular weight excluding hydrogens is 198 g/mol. The molecule has 0 spiro atoms. The molecule has 1 atom stereocenters. The highest BCUT2D eigenvalue weighted by atomic mass is 16.5. The third-order valence-electron chi connectivity index (χ3n) is 2.90. The minimum Gasteiger partial charge on any atom is -0.478 e. The Bertz CT molecular complexity index is 299. The van der Waals surface area contributed by atoms with E-state index in [2.05, 4.69) is 24.9 Å². The molecule has 1 heterocycles. The minimum atomic E-state index is 0.684. The second kappa shape index (κ2) is 7.26. The van der Waals surface area contributed by atoms with Crippen molar-refractivity contribution in [1.29, 1.82) is 0 Å². The van der Waals surface area contributed by atoms with Gasteiger partial charge in [-0.15, -0.1) is 0 Å². The summed E-state index contributed by atoms with van der Waals surface area (Å²) >= 11 is 0. The van der Waals surface area contributed by atoms with Crippen LogP contribution in [0.5, 0.6) is 5.88 Å². The van der Waals surface area contributed by atoms with Gasteiger partial charge in [-0.25, -0.2) is 4.98 Å². The molecule has 0 saturated heterocycles. The van der Waals surface area contributed by atoms with E-state index in [9.17, 15) is 0 Å². The van der Waals surface area contributed by atoms with Gasteiger partial charge in [-0.1, -0.05) is 32.8 Å². The van der Waals surface area contributed by atoms with Gasteiger partial charge in [0.2, 0.25) is 5.88 Å². The fourth-order valence-corrected chi connectivity index (χ4v) is 1.66. The van der Waals surface area contributed by atoms with Gasteiger partial charge in [0.1, 0.15) is 0 Å². The van der Waals surface area contributed by atoms with Crippen molar-refractivity contribution in [2.45, 2.75) is 46.5 Å². The van der Waals surface area contributed by atoms with Crippen LogP contribution in [0.1, 0.15) is 45.7 Å². The Balaban J connectivity index is 2.38. The zero-order valence-corrected chi connectivity index (χ0v) is 10.7. The minimum absolute atomic E-state index is 0.684. The van der Waals surface area contributed by atoms with E-state index in [-0.39, 0.29) is 0 Å². The number of rotatable bonds is 7. The van der Waals surface area contributed by atoms with Gasteiger partial charge in [0, 0.05) is 11.8 Å². The lowest BCUT2D eigenvalue weighted by Crippen LogP contribution is -1.99. The van der Waals surface area contributed by atoms with Crippen LogP contribution in [0.15, 0.2) is 18.2 Å². The van der Waals surface area contributed by atoms with Gasteiger partial charge in [-0.3, -0.25) is 0 Å². The Morgan fingerprint density at radius 2 is 2.12 bits per heavy atom. The van der Waals surface area contributed by atoms with E-state index in [1.165, 1.54) is 19.3 Å². The average Bonchev–Trinajstić information content (AvgIpc) is 2.30. The van der Waals surface area contributed by atoms with Gasteiger partial charge < -0.3 is 4.74 Å². The molecule has 0 aliphatic rings. The van der Waals surface area contributed by atoms with Crippen LogP contribution in [0.3, 0.4) is 0 Å². The van der Waals surface area contributed by atoms with Crippen LogP contribution in [0.4, 0.5) is 0 Å². The quantitative estimate of drug-likeness (QED) is 0.697. The van der Waals surface area contributed by atoms with Crippen molar-refractivity contribution in [1.82, 2.24) is 4.98 Å². The molecule has 90 valence electrons. The van der Waals surface area contributed by atoms with Gasteiger partial charge in [0.25, 0.3) is 0 Å². The Kier molecular flexibility index (Phi) is 5.91. The predicted molar refractivity (Wildman–Crippen MR) is 67.8 cm³/mol. The molecule has 0 amide bonds. The van der Waals surface area contributed by atoms with Crippen LogP contribution < -0.4 is 4.74 Å². The summed E-state index contributed by atoms with van der Waals surface area (Å²) in [4.78, 5) is 4.46. The Morgan fingerprint density at radius 3 is 2.81 bits per heavy atom. The van der Waals surface area contributed by atoms with Crippen LogP contribution in [-0.2, 0) is 6.42 Å². The maximum absolute atomic E-state index is 5.38. The van der Waals surface area contributed by atoms with E-state index in [0.29, 0.717) is 6.61 Å². The topological polar surface area (TPSA) is 22.1 Å². The summed E-state index contributed by atoms with van der Waals surface area (Å²) in [6.07, 6.45) is 4.84. The summed E-state index contributed by atoms with van der Waals surface area (Å²) in [5.41, 5.74) is 1.15. The van der Waals surface area contributed by atoms with Crippen molar-refractivity contribution in [3.8, 4) is 5.88 Å². The monoisotopic (exact) mass is 221 g/mol. The SMILES string of the molecule is CCOc1cccc(CCCC(C)CC)n1. The summed E-state index contributed by atoms with van der Waals surface area (Å²) in [7, 11) is 0. The molecule has 1 rings (SSSR count). The molecule has 0 N–H and O–H groups in total. The average molecular weight is 221 g/mol. The largest absolute Gasteiger partial charge is 0.478 e. The van der Waals surface area contributed by atoms with E-state index in [0.717, 1.165) is 23.9 Å². The van der Waals surface area contributed by atoms with Gasteiger partial charge >= 0.3 is 0 Å². The second-order valence-electron chi connectivity index (χ2n) is 4.31. The molecule has 2 nitrogen and oxygen atoms in total. The van der Waals surface area contributed by atoms with E-state index in [1.807, 2.05) is 19.1 Å². The number of aryl methyl sites for hydroxylation is 1. The van der Waals surface area contributed by atoms with Gasteiger partial charge in [-0.05, 0) is 31.7 Å². The van der Waals surface area contributed by atoms with Crippen LogP contribution in [-0.4, -0.2) is 11.6 Å². The van der Waals surface area contributed by atoms with Crippen LogP contribution in [0, 0.1) is 5.92 Å². The Hall–Kier alpha value is -1.05. The summed E-state index contributed by atoms with van der Waals surface area (Å²) in [6.45, 7) is 7.23. The lowest BCUT2D eigenvalue weighted by Gasteiger charge is -2.08. The summed E-state index contributed by atoms with van der Waals surface area (Å²) < 4.78 is 5.38. The van der Waals surface area contributed by atoms with Crippen molar-refractivity contribution >= 4 is 0 Å². The lowest BCUT2D eigenvalue weighted by atomic mass is 10.0. The first-order chi connectivity index (χ1) is 7.76. The number of nitrogens with zero attached hydrogens (tertiary/aromatic N) is 1. The molecule has 0 aromatic carbocycles. The van der Waals surface area contributed by atoms with Crippen LogP contribution >= 0.6 is 0 Å². The second-order valence-corrected chi connectivity index (χ2v) is 4.31. The fraction of sp³-hybridized carbons (Fsp3) is 0.643. The summed E-state index contributed by atoms with van der Waals surface area (Å²) in [5.74, 6) is 1.58. The maximum Gasteiger partial charge on any atom is 0.213 e. The fourth-order valence-electron chi connectivity index (χ4n) is 1.66. The van der Waals surface area contributed by atoms with Crippen LogP contribution in [0.25, 0.3) is 0 Å². The summed E-state index contributed by atoms with van der Waals surface area (Å²) in [6, 6.07) is 6.03. The highest BCUT2D eigenvalue weighted by Crippen LogP contribution is 2.14. The molecule has 16 heavy (non-hydrogen) atoms. The number of hydrogen-bond acceptors (Lipinski definition) is 2.